The Morgan fingerprint density at radius 3 is 2.75 bits per heavy atom. The predicted molar refractivity (Wildman–Crippen MR) is 95.9 cm³/mol. The lowest BCUT2D eigenvalue weighted by atomic mass is 9.83. The number of benzene rings is 1. The van der Waals surface area contributed by atoms with E-state index in [1.807, 2.05) is 19.1 Å². The van der Waals surface area contributed by atoms with Crippen molar-refractivity contribution in [3.8, 4) is 5.75 Å². The highest BCUT2D eigenvalue weighted by atomic mass is 19.3. The number of allylic oxidation sites excluding steroid dienone is 1. The Morgan fingerprint density at radius 1 is 1.39 bits per heavy atom. The van der Waals surface area contributed by atoms with Gasteiger partial charge in [0.15, 0.2) is 6.17 Å². The summed E-state index contributed by atoms with van der Waals surface area (Å²) in [5.74, 6) is -0.826. The molecule has 1 unspecified atom stereocenters. The summed E-state index contributed by atoms with van der Waals surface area (Å²) in [5.41, 5.74) is 0.900. The molecule has 2 aliphatic rings. The first kappa shape index (κ1) is 20.4. The molecule has 0 spiro atoms. The minimum atomic E-state index is -3.09. The Balaban J connectivity index is 1.64. The fraction of sp³-hybridized carbons (Fsp3) is 0.450. The molecule has 152 valence electrons. The monoisotopic (exact) mass is 399 g/mol. The van der Waals surface area contributed by atoms with Crippen LogP contribution in [-0.4, -0.2) is 53.9 Å². The van der Waals surface area contributed by atoms with Crippen LogP contribution >= 0.6 is 0 Å². The number of hydrogen-bond acceptors (Lipinski definition) is 3. The van der Waals surface area contributed by atoms with Gasteiger partial charge in [-0.05, 0) is 41.7 Å². The molecule has 1 heterocycles. The Morgan fingerprint density at radius 2 is 2.11 bits per heavy atom. The van der Waals surface area contributed by atoms with Crippen LogP contribution in [0.5, 0.6) is 5.75 Å². The minimum Gasteiger partial charge on any atom is -0.479 e. The number of likely N-dealkylation sites (tertiary alicyclic amines) is 1. The zero-order valence-corrected chi connectivity index (χ0v) is 15.2. The zero-order valence-electron chi connectivity index (χ0n) is 15.2. The molecule has 1 saturated heterocycles. The third kappa shape index (κ3) is 4.38. The Labute approximate surface area is 160 Å². The molecule has 0 bridgehead atoms. The number of rotatable bonds is 7. The van der Waals surface area contributed by atoms with Gasteiger partial charge in [0.25, 0.3) is 6.43 Å². The second kappa shape index (κ2) is 7.95. The smallest absolute Gasteiger partial charge is 0.344 e. The van der Waals surface area contributed by atoms with E-state index in [4.69, 9.17) is 9.84 Å². The van der Waals surface area contributed by atoms with Crippen molar-refractivity contribution in [2.45, 2.75) is 31.6 Å². The lowest BCUT2D eigenvalue weighted by Crippen LogP contribution is -2.63. The number of ether oxygens (including phenoxy) is 1. The van der Waals surface area contributed by atoms with Gasteiger partial charge < -0.3 is 9.84 Å². The maximum atomic E-state index is 13.9. The van der Waals surface area contributed by atoms with Crippen LogP contribution in [0.25, 0.3) is 6.08 Å². The molecule has 1 aliphatic carbocycles. The molecule has 1 aromatic rings. The molecule has 28 heavy (non-hydrogen) atoms. The Hall–Kier alpha value is -2.35. The summed E-state index contributed by atoms with van der Waals surface area (Å²) in [4.78, 5) is 12.6. The second-order valence-corrected chi connectivity index (χ2v) is 7.33. The maximum Gasteiger partial charge on any atom is 0.344 e. The fourth-order valence-corrected chi connectivity index (χ4v) is 3.42. The van der Waals surface area contributed by atoms with Gasteiger partial charge in [0.1, 0.15) is 5.75 Å². The van der Waals surface area contributed by atoms with Crippen LogP contribution in [0.15, 0.2) is 36.1 Å². The maximum absolute atomic E-state index is 13.9. The number of halogens is 4. The molecule has 2 atom stereocenters. The van der Waals surface area contributed by atoms with Crippen LogP contribution in [-0.2, 0) is 11.2 Å². The van der Waals surface area contributed by atoms with Gasteiger partial charge in [-0.25, -0.2) is 22.4 Å². The van der Waals surface area contributed by atoms with E-state index < -0.39 is 24.2 Å². The molecule has 0 amide bonds. The number of nitrogens with zero attached hydrogens (tertiary/aromatic N) is 1. The van der Waals surface area contributed by atoms with Crippen LogP contribution in [0, 0.1) is 5.92 Å². The van der Waals surface area contributed by atoms with Crippen molar-refractivity contribution < 1.29 is 32.2 Å². The summed E-state index contributed by atoms with van der Waals surface area (Å²) in [6, 6.07) is 5.25. The number of alkyl halides is 4. The number of carboxylic acid groups (broad SMARTS) is 1. The van der Waals surface area contributed by atoms with E-state index in [1.165, 1.54) is 0 Å². The molecule has 0 radical (unpaired) electrons. The lowest BCUT2D eigenvalue weighted by molar-refractivity contribution is -0.163. The van der Waals surface area contributed by atoms with E-state index in [0.29, 0.717) is 24.8 Å². The summed E-state index contributed by atoms with van der Waals surface area (Å²) in [6.45, 7) is 2.30. The largest absolute Gasteiger partial charge is 0.479 e. The quantitative estimate of drug-likeness (QED) is 0.559. The molecular weight excluding hydrogens is 378 g/mol. The van der Waals surface area contributed by atoms with Crippen molar-refractivity contribution in [3.63, 3.8) is 0 Å². The van der Waals surface area contributed by atoms with Crippen molar-refractivity contribution in [1.29, 1.82) is 0 Å². The van der Waals surface area contributed by atoms with Crippen molar-refractivity contribution in [2.75, 3.05) is 19.6 Å². The van der Waals surface area contributed by atoms with Crippen LogP contribution < -0.4 is 4.74 Å². The van der Waals surface area contributed by atoms with Crippen LogP contribution in [0.4, 0.5) is 17.6 Å². The number of fused-ring (bicyclic) bond motifs is 1. The van der Waals surface area contributed by atoms with Gasteiger partial charge in [0.05, 0.1) is 6.26 Å². The van der Waals surface area contributed by atoms with E-state index in [9.17, 15) is 22.4 Å². The molecule has 3 rings (SSSR count). The first-order valence-corrected chi connectivity index (χ1v) is 8.91. The first-order chi connectivity index (χ1) is 13.2. The highest BCUT2D eigenvalue weighted by Crippen LogP contribution is 2.34. The standard InChI is InChI=1S/C20H21F4NO3/c1-12-6-14-8-16(28-5-4-17(21)18(22)23)3-2-13(14)7-15(12)9-25-10-20(24,11-25)19(26)27/h2-5,7-8,12,17-18H,6,9-11H2,1H3,(H,26,27)/t12-,17?/m0/s1. The number of aliphatic carboxylic acids is 1. The van der Waals surface area contributed by atoms with Gasteiger partial charge >= 0.3 is 5.97 Å². The van der Waals surface area contributed by atoms with Gasteiger partial charge in [-0.3, -0.25) is 4.90 Å². The zero-order chi connectivity index (χ0) is 20.5. The molecule has 1 N–H and O–H groups in total. The van der Waals surface area contributed by atoms with Crippen molar-refractivity contribution in [3.05, 3.63) is 47.2 Å². The minimum absolute atomic E-state index is 0.119. The van der Waals surface area contributed by atoms with Gasteiger partial charge in [-0.2, -0.15) is 0 Å². The van der Waals surface area contributed by atoms with Gasteiger partial charge in [-0.1, -0.05) is 24.6 Å². The average Bonchev–Trinajstić information content (AvgIpc) is 2.60. The third-order valence-electron chi connectivity index (χ3n) is 5.06. The van der Waals surface area contributed by atoms with E-state index >= 15 is 0 Å². The van der Waals surface area contributed by atoms with Crippen LogP contribution in [0.2, 0.25) is 0 Å². The predicted octanol–water partition coefficient (Wildman–Crippen LogP) is 3.87. The number of hydrogen-bond donors (Lipinski definition) is 1. The van der Waals surface area contributed by atoms with E-state index in [-0.39, 0.29) is 19.0 Å². The molecule has 8 heteroatoms. The summed E-state index contributed by atoms with van der Waals surface area (Å²) in [7, 11) is 0. The molecule has 1 aromatic carbocycles. The topological polar surface area (TPSA) is 49.8 Å². The van der Waals surface area contributed by atoms with Gasteiger partial charge in [-0.15, -0.1) is 0 Å². The van der Waals surface area contributed by atoms with Crippen molar-refractivity contribution in [2.24, 2.45) is 5.92 Å². The molecular formula is C20H21F4NO3. The number of carboxylic acids is 1. The fourth-order valence-electron chi connectivity index (χ4n) is 3.42. The third-order valence-corrected chi connectivity index (χ3v) is 5.06. The van der Waals surface area contributed by atoms with Crippen LogP contribution in [0.1, 0.15) is 18.1 Å². The number of carbonyl (C=O) groups is 1. The first-order valence-electron chi connectivity index (χ1n) is 8.91. The second-order valence-electron chi connectivity index (χ2n) is 7.33. The molecule has 1 aliphatic heterocycles. The van der Waals surface area contributed by atoms with Crippen molar-refractivity contribution in [1.82, 2.24) is 4.90 Å². The highest BCUT2D eigenvalue weighted by molar-refractivity contribution is 5.79. The molecule has 1 fully saturated rings. The molecule has 0 aromatic heterocycles. The van der Waals surface area contributed by atoms with E-state index in [0.717, 1.165) is 23.0 Å². The summed E-state index contributed by atoms with van der Waals surface area (Å²) < 4.78 is 56.2. The lowest BCUT2D eigenvalue weighted by Gasteiger charge is -2.42. The Bertz CT molecular complexity index is 803. The average molecular weight is 399 g/mol. The molecule has 0 saturated carbocycles. The van der Waals surface area contributed by atoms with E-state index in [1.54, 1.807) is 17.0 Å². The van der Waals surface area contributed by atoms with E-state index in [2.05, 4.69) is 0 Å². The normalized spacial score (nSPS) is 22.5. The SMILES string of the molecule is C[C@H]1Cc2cc(OC=CC(F)C(F)F)ccc2C=C1CN1CC(F)(C(=O)O)C1. The Kier molecular flexibility index (Phi) is 5.79. The molecule has 4 nitrogen and oxygen atoms in total. The summed E-state index contributed by atoms with van der Waals surface area (Å²) in [6.07, 6.45) is -1.16. The van der Waals surface area contributed by atoms with Gasteiger partial charge in [0, 0.05) is 19.6 Å². The summed E-state index contributed by atoms with van der Waals surface area (Å²) >= 11 is 0. The summed E-state index contributed by atoms with van der Waals surface area (Å²) in [5, 5.41) is 8.85. The van der Waals surface area contributed by atoms with Crippen molar-refractivity contribution >= 4 is 12.0 Å². The van der Waals surface area contributed by atoms with Gasteiger partial charge in [0.2, 0.25) is 5.67 Å². The highest BCUT2D eigenvalue weighted by Gasteiger charge is 2.50. The van der Waals surface area contributed by atoms with Crippen LogP contribution in [0.3, 0.4) is 0 Å².